The number of amidine groups is 1. The maximum Gasteiger partial charge on any atom is 0.182 e. The number of hydrogen-bond acceptors (Lipinski definition) is 4. The predicted molar refractivity (Wildman–Crippen MR) is 142 cm³/mol. The number of nitrogens with zero attached hydrogens (tertiary/aromatic N) is 1. The van der Waals surface area contributed by atoms with Crippen LogP contribution in [0, 0.1) is 17.2 Å². The summed E-state index contributed by atoms with van der Waals surface area (Å²) in [6, 6.07) is 13.1. The van der Waals surface area contributed by atoms with Crippen molar-refractivity contribution in [3.05, 3.63) is 64.7 Å². The highest BCUT2D eigenvalue weighted by molar-refractivity contribution is 6.01. The van der Waals surface area contributed by atoms with E-state index in [1.54, 1.807) is 0 Å². The van der Waals surface area contributed by atoms with E-state index in [-0.39, 0.29) is 40.7 Å². The molecule has 1 fully saturated rings. The highest BCUT2D eigenvalue weighted by Gasteiger charge is 2.42. The van der Waals surface area contributed by atoms with Gasteiger partial charge in [0.05, 0.1) is 18.6 Å². The summed E-state index contributed by atoms with van der Waals surface area (Å²) in [5.41, 5.74) is 2.23. The Hall–Kier alpha value is -2.66. The molecule has 0 amide bonds. The van der Waals surface area contributed by atoms with Crippen LogP contribution in [0.5, 0.6) is 5.75 Å². The molecule has 35 heavy (non-hydrogen) atoms. The maximum absolute atomic E-state index is 13.5. The molecule has 2 aromatic rings. The first-order valence-electron chi connectivity index (χ1n) is 12.7. The number of likely N-dealkylation sites (tertiary alicyclic amines) is 1. The number of hydrogen-bond donors (Lipinski definition) is 3. The number of carbonyl (C=O) groups excluding carboxylic acids is 1. The molecule has 190 valence electrons. The van der Waals surface area contributed by atoms with Crippen LogP contribution in [0.3, 0.4) is 0 Å². The number of aromatic hydroxyl groups is 1. The first kappa shape index (κ1) is 26.9. The SMILES string of the molecule is CCC[C@@H]1CN(CC(=O)c2cc(C(C)(C)C)c(O)c(C(C)(C)C)c2)C(=N)[C@@H]1[C@@H](O)c1ccccc1. The lowest BCUT2D eigenvalue weighted by atomic mass is 9.78. The zero-order valence-electron chi connectivity index (χ0n) is 22.4. The highest BCUT2D eigenvalue weighted by Crippen LogP contribution is 2.41. The number of aliphatic hydroxyl groups is 1. The van der Waals surface area contributed by atoms with Gasteiger partial charge in [-0.15, -0.1) is 0 Å². The minimum absolute atomic E-state index is 0.0733. The van der Waals surface area contributed by atoms with Crippen molar-refractivity contribution in [1.29, 1.82) is 5.41 Å². The van der Waals surface area contributed by atoms with Crippen molar-refractivity contribution in [1.82, 2.24) is 4.90 Å². The van der Waals surface area contributed by atoms with Gasteiger partial charge < -0.3 is 15.1 Å². The maximum atomic E-state index is 13.5. The van der Waals surface area contributed by atoms with Crippen molar-refractivity contribution < 1.29 is 15.0 Å². The van der Waals surface area contributed by atoms with Crippen molar-refractivity contribution in [2.45, 2.75) is 78.2 Å². The first-order valence-corrected chi connectivity index (χ1v) is 12.7. The Morgan fingerprint density at radius 3 is 2.09 bits per heavy atom. The summed E-state index contributed by atoms with van der Waals surface area (Å²) in [6.07, 6.45) is 1.08. The molecule has 5 heteroatoms. The lowest BCUT2D eigenvalue weighted by Gasteiger charge is -2.28. The van der Waals surface area contributed by atoms with Crippen LogP contribution in [0.15, 0.2) is 42.5 Å². The number of aliphatic hydroxyl groups excluding tert-OH is 1. The van der Waals surface area contributed by atoms with E-state index in [0.29, 0.717) is 17.9 Å². The molecule has 5 nitrogen and oxygen atoms in total. The third-order valence-electron chi connectivity index (χ3n) is 7.14. The van der Waals surface area contributed by atoms with Crippen LogP contribution >= 0.6 is 0 Å². The zero-order chi connectivity index (χ0) is 26.1. The van der Waals surface area contributed by atoms with Crippen molar-refractivity contribution in [2.24, 2.45) is 11.8 Å². The second-order valence-electron chi connectivity index (χ2n) is 12.0. The molecule has 3 atom stereocenters. The molecule has 0 aliphatic carbocycles. The molecule has 0 unspecified atom stereocenters. The van der Waals surface area contributed by atoms with Gasteiger partial charge in [0.2, 0.25) is 0 Å². The van der Waals surface area contributed by atoms with Gasteiger partial charge in [-0.25, -0.2) is 0 Å². The molecule has 0 saturated carbocycles. The number of Topliss-reactive ketones (excluding diaryl/α,β-unsaturated/α-hetero) is 1. The third-order valence-corrected chi connectivity index (χ3v) is 7.14. The van der Waals surface area contributed by atoms with Crippen molar-refractivity contribution >= 4 is 11.6 Å². The van der Waals surface area contributed by atoms with Crippen molar-refractivity contribution in [2.75, 3.05) is 13.1 Å². The number of ketones is 1. The standard InChI is InChI=1S/C30H42N2O3/c1-8-12-20-17-32(28(31)25(20)26(34)19-13-10-9-11-14-19)18-24(33)21-15-22(29(2,3)4)27(35)23(16-21)30(5,6)7/h9-11,13-16,20,25-26,31,34-35H,8,12,17-18H2,1-7H3/t20-,25+,26+/m1/s1. The quantitative estimate of drug-likeness (QED) is 0.412. The van der Waals surface area contributed by atoms with Gasteiger partial charge in [0.25, 0.3) is 0 Å². The van der Waals surface area contributed by atoms with E-state index in [1.165, 1.54) is 0 Å². The molecule has 2 aromatic carbocycles. The second kappa shape index (κ2) is 10.1. The minimum Gasteiger partial charge on any atom is -0.507 e. The topological polar surface area (TPSA) is 84.6 Å². The van der Waals surface area contributed by atoms with Gasteiger partial charge in [0, 0.05) is 23.2 Å². The van der Waals surface area contributed by atoms with Gasteiger partial charge in [-0.1, -0.05) is 85.2 Å². The average Bonchev–Trinajstić information content (AvgIpc) is 3.07. The average molecular weight is 479 g/mol. The lowest BCUT2D eigenvalue weighted by Crippen LogP contribution is -2.34. The zero-order valence-corrected chi connectivity index (χ0v) is 22.4. The number of rotatable bonds is 7. The molecular formula is C30H42N2O3. The predicted octanol–water partition coefficient (Wildman–Crippen LogP) is 6.23. The molecule has 1 aliphatic heterocycles. The first-order chi connectivity index (χ1) is 16.3. The molecule has 0 aromatic heterocycles. The number of nitrogens with one attached hydrogen (secondary N) is 1. The molecule has 0 bridgehead atoms. The fraction of sp³-hybridized carbons (Fsp3) is 0.533. The Balaban J connectivity index is 1.91. The van der Waals surface area contributed by atoms with Gasteiger partial charge in [-0.3, -0.25) is 10.2 Å². The molecule has 0 spiro atoms. The molecule has 1 heterocycles. The molecule has 3 rings (SSSR count). The van der Waals surface area contributed by atoms with E-state index in [1.807, 2.05) is 88.9 Å². The van der Waals surface area contributed by atoms with Gasteiger partial charge in [0.1, 0.15) is 11.6 Å². The summed E-state index contributed by atoms with van der Waals surface area (Å²) in [4.78, 5) is 15.4. The number of carbonyl (C=O) groups is 1. The fourth-order valence-electron chi connectivity index (χ4n) is 5.19. The molecule has 1 saturated heterocycles. The van der Waals surface area contributed by atoms with E-state index < -0.39 is 6.10 Å². The lowest BCUT2D eigenvalue weighted by molar-refractivity contribution is 0.0962. The Bertz CT molecular complexity index is 1030. The molecular weight excluding hydrogens is 436 g/mol. The Morgan fingerprint density at radius 2 is 1.60 bits per heavy atom. The van der Waals surface area contributed by atoms with Crippen LogP contribution in [0.1, 0.15) is 94.5 Å². The van der Waals surface area contributed by atoms with Gasteiger partial charge in [-0.05, 0) is 40.9 Å². The normalized spacial score (nSPS) is 19.8. The summed E-state index contributed by atoms with van der Waals surface area (Å²) >= 11 is 0. The van der Waals surface area contributed by atoms with E-state index in [0.717, 1.165) is 29.5 Å². The van der Waals surface area contributed by atoms with Crippen LogP contribution in [0.2, 0.25) is 0 Å². The Morgan fingerprint density at radius 1 is 1.06 bits per heavy atom. The van der Waals surface area contributed by atoms with Crippen LogP contribution in [-0.2, 0) is 10.8 Å². The number of benzene rings is 2. The summed E-state index contributed by atoms with van der Waals surface area (Å²) in [5.74, 6) is 0.297. The van der Waals surface area contributed by atoms with Gasteiger partial charge in [-0.2, -0.15) is 0 Å². The van der Waals surface area contributed by atoms with Crippen molar-refractivity contribution in [3.8, 4) is 5.75 Å². The van der Waals surface area contributed by atoms with E-state index >= 15 is 0 Å². The molecule has 1 aliphatic rings. The smallest absolute Gasteiger partial charge is 0.182 e. The monoisotopic (exact) mass is 478 g/mol. The van der Waals surface area contributed by atoms with Crippen LogP contribution < -0.4 is 0 Å². The van der Waals surface area contributed by atoms with E-state index in [4.69, 9.17) is 5.41 Å². The summed E-state index contributed by atoms with van der Waals surface area (Å²) in [7, 11) is 0. The second-order valence-corrected chi connectivity index (χ2v) is 12.0. The Kier molecular flexibility index (Phi) is 7.80. The third kappa shape index (κ3) is 5.78. The molecule has 0 radical (unpaired) electrons. The largest absolute Gasteiger partial charge is 0.507 e. The summed E-state index contributed by atoms with van der Waals surface area (Å²) < 4.78 is 0. The van der Waals surface area contributed by atoms with Crippen LogP contribution in [-0.4, -0.2) is 39.8 Å². The van der Waals surface area contributed by atoms with E-state index in [2.05, 4.69) is 6.92 Å². The Labute approximate surface area is 210 Å². The van der Waals surface area contributed by atoms with E-state index in [9.17, 15) is 15.0 Å². The highest BCUT2D eigenvalue weighted by atomic mass is 16.3. The minimum atomic E-state index is -0.769. The van der Waals surface area contributed by atoms with Crippen LogP contribution in [0.4, 0.5) is 0 Å². The van der Waals surface area contributed by atoms with Gasteiger partial charge in [0.15, 0.2) is 5.78 Å². The van der Waals surface area contributed by atoms with Crippen LogP contribution in [0.25, 0.3) is 0 Å². The number of phenolic OH excluding ortho intramolecular Hbond substituents is 1. The fourth-order valence-corrected chi connectivity index (χ4v) is 5.19. The van der Waals surface area contributed by atoms with Crippen molar-refractivity contribution in [3.63, 3.8) is 0 Å². The summed E-state index contributed by atoms with van der Waals surface area (Å²) in [5, 5.41) is 31.1. The van der Waals surface area contributed by atoms with Gasteiger partial charge >= 0.3 is 0 Å². The molecule has 3 N–H and O–H groups in total. The summed E-state index contributed by atoms with van der Waals surface area (Å²) in [6.45, 7) is 15.0. The number of phenols is 1.